The van der Waals surface area contributed by atoms with Gasteiger partial charge >= 0.3 is 5.97 Å². The summed E-state index contributed by atoms with van der Waals surface area (Å²) < 4.78 is 17.9. The van der Waals surface area contributed by atoms with Crippen LogP contribution in [0.15, 0.2) is 12.1 Å². The van der Waals surface area contributed by atoms with Gasteiger partial charge in [0.25, 0.3) is 0 Å². The number of carboxylic acids is 1. The lowest BCUT2D eigenvalue weighted by Crippen LogP contribution is -2.19. The number of ether oxygens (including phenoxy) is 1. The number of methoxy groups -OCH3 is 1. The van der Waals surface area contributed by atoms with E-state index in [9.17, 15) is 14.3 Å². The van der Waals surface area contributed by atoms with Gasteiger partial charge < -0.3 is 14.9 Å². The van der Waals surface area contributed by atoms with Crippen LogP contribution in [-0.2, 0) is 10.2 Å². The normalized spacial score (nSPS) is 16.9. The van der Waals surface area contributed by atoms with Crippen LogP contribution in [0.5, 0.6) is 11.5 Å². The van der Waals surface area contributed by atoms with Gasteiger partial charge in [-0.05, 0) is 18.9 Å². The minimum absolute atomic E-state index is 0.221. The number of rotatable bonds is 3. The van der Waals surface area contributed by atoms with E-state index in [0.717, 1.165) is 6.07 Å². The summed E-state index contributed by atoms with van der Waals surface area (Å²) in [5.41, 5.74) is -0.844. The number of carbonyl (C=O) groups is 1. The second-order valence-electron chi connectivity index (χ2n) is 3.86. The van der Waals surface area contributed by atoms with Crippen molar-refractivity contribution in [1.82, 2.24) is 0 Å². The third kappa shape index (κ3) is 1.31. The van der Waals surface area contributed by atoms with Gasteiger partial charge in [-0.2, -0.15) is 0 Å². The maximum Gasteiger partial charge on any atom is 0.314 e. The fraction of sp³-hybridized carbons (Fsp3) is 0.364. The molecule has 5 heteroatoms. The van der Waals surface area contributed by atoms with E-state index in [1.165, 1.54) is 13.2 Å². The third-order valence-electron chi connectivity index (χ3n) is 2.96. The Hall–Kier alpha value is -1.78. The molecule has 1 aliphatic carbocycles. The van der Waals surface area contributed by atoms with E-state index < -0.39 is 23.0 Å². The lowest BCUT2D eigenvalue weighted by molar-refractivity contribution is -0.140. The zero-order valence-electron chi connectivity index (χ0n) is 8.66. The van der Waals surface area contributed by atoms with E-state index in [-0.39, 0.29) is 11.3 Å². The second kappa shape index (κ2) is 3.37. The van der Waals surface area contributed by atoms with Crippen LogP contribution in [0, 0.1) is 5.82 Å². The first-order valence-corrected chi connectivity index (χ1v) is 4.82. The van der Waals surface area contributed by atoms with Crippen LogP contribution in [0.2, 0.25) is 0 Å². The first-order chi connectivity index (χ1) is 7.53. The highest BCUT2D eigenvalue weighted by Gasteiger charge is 2.53. The Kier molecular flexibility index (Phi) is 2.26. The Labute approximate surface area is 91.3 Å². The van der Waals surface area contributed by atoms with Crippen LogP contribution in [-0.4, -0.2) is 23.3 Å². The fourth-order valence-electron chi connectivity index (χ4n) is 1.85. The number of carboxylic acid groups (broad SMARTS) is 1. The fourth-order valence-corrected chi connectivity index (χ4v) is 1.85. The molecule has 0 aromatic heterocycles. The lowest BCUT2D eigenvalue weighted by atomic mass is 9.95. The first-order valence-electron chi connectivity index (χ1n) is 4.82. The molecule has 0 spiro atoms. The van der Waals surface area contributed by atoms with Crippen molar-refractivity contribution in [3.63, 3.8) is 0 Å². The summed E-state index contributed by atoms with van der Waals surface area (Å²) in [5, 5.41) is 18.8. The van der Waals surface area contributed by atoms with Gasteiger partial charge in [-0.3, -0.25) is 4.79 Å². The van der Waals surface area contributed by atoms with Gasteiger partial charge in [0, 0.05) is 5.56 Å². The number of phenolic OH excluding ortho intramolecular Hbond substituents is 1. The highest BCUT2D eigenvalue weighted by atomic mass is 19.1. The maximum atomic E-state index is 13.2. The molecule has 0 bridgehead atoms. The van der Waals surface area contributed by atoms with Crippen LogP contribution in [0.25, 0.3) is 0 Å². The smallest absolute Gasteiger partial charge is 0.314 e. The summed E-state index contributed by atoms with van der Waals surface area (Å²) >= 11 is 0. The van der Waals surface area contributed by atoms with E-state index in [1.54, 1.807) is 0 Å². The SMILES string of the molecule is COc1c(F)ccc(C2(C(=O)O)CC2)c1O. The molecule has 1 fully saturated rings. The second-order valence-corrected chi connectivity index (χ2v) is 3.86. The number of hydrogen-bond donors (Lipinski definition) is 2. The molecule has 16 heavy (non-hydrogen) atoms. The van der Waals surface area contributed by atoms with E-state index in [0.29, 0.717) is 12.8 Å². The van der Waals surface area contributed by atoms with Crippen LogP contribution in [0.1, 0.15) is 18.4 Å². The molecule has 0 atom stereocenters. The highest BCUT2D eigenvalue weighted by molar-refractivity contribution is 5.86. The molecule has 0 unspecified atom stereocenters. The average Bonchev–Trinajstić information content (AvgIpc) is 2.99. The van der Waals surface area contributed by atoms with Gasteiger partial charge in [-0.15, -0.1) is 0 Å². The monoisotopic (exact) mass is 226 g/mol. The van der Waals surface area contributed by atoms with Crippen molar-refractivity contribution in [2.45, 2.75) is 18.3 Å². The molecular weight excluding hydrogens is 215 g/mol. The first kappa shape index (κ1) is 10.7. The van der Waals surface area contributed by atoms with Gasteiger partial charge in [0.05, 0.1) is 12.5 Å². The van der Waals surface area contributed by atoms with Crippen LogP contribution >= 0.6 is 0 Å². The van der Waals surface area contributed by atoms with Crippen LogP contribution < -0.4 is 4.74 Å². The predicted octanol–water partition coefficient (Wildman–Crippen LogP) is 1.66. The van der Waals surface area contributed by atoms with Crippen LogP contribution in [0.3, 0.4) is 0 Å². The Morgan fingerprint density at radius 2 is 2.12 bits per heavy atom. The number of phenols is 1. The van der Waals surface area contributed by atoms with E-state index in [1.807, 2.05) is 0 Å². The summed E-state index contributed by atoms with van der Waals surface area (Å²) in [6.45, 7) is 0. The van der Waals surface area contributed by atoms with Crippen molar-refractivity contribution in [3.8, 4) is 11.5 Å². The van der Waals surface area contributed by atoms with Crippen LogP contribution in [0.4, 0.5) is 4.39 Å². The van der Waals surface area contributed by atoms with Crippen molar-refractivity contribution in [2.75, 3.05) is 7.11 Å². The van der Waals surface area contributed by atoms with E-state index >= 15 is 0 Å². The summed E-state index contributed by atoms with van der Waals surface area (Å²) in [6, 6.07) is 2.41. The Bertz CT molecular complexity index is 452. The van der Waals surface area contributed by atoms with Gasteiger partial charge in [-0.1, -0.05) is 6.07 Å². The average molecular weight is 226 g/mol. The van der Waals surface area contributed by atoms with Gasteiger partial charge in [-0.25, -0.2) is 4.39 Å². The molecule has 2 N–H and O–H groups in total. The topological polar surface area (TPSA) is 66.8 Å². The molecule has 0 aliphatic heterocycles. The third-order valence-corrected chi connectivity index (χ3v) is 2.96. The predicted molar refractivity (Wildman–Crippen MR) is 53.2 cm³/mol. The Morgan fingerprint density at radius 1 is 1.50 bits per heavy atom. The minimum atomic E-state index is -1.06. The summed E-state index contributed by atoms with van der Waals surface area (Å²) in [6.07, 6.45) is 0.898. The van der Waals surface area contributed by atoms with Crippen molar-refractivity contribution < 1.29 is 24.1 Å². The minimum Gasteiger partial charge on any atom is -0.504 e. The molecular formula is C11H11FO4. The molecule has 0 radical (unpaired) electrons. The number of benzene rings is 1. The number of hydrogen-bond acceptors (Lipinski definition) is 3. The molecule has 1 aromatic carbocycles. The van der Waals surface area contributed by atoms with Crippen molar-refractivity contribution in [1.29, 1.82) is 0 Å². The van der Waals surface area contributed by atoms with E-state index in [4.69, 9.17) is 9.84 Å². The summed E-state index contributed by atoms with van der Waals surface area (Å²) in [5.74, 6) is -2.42. The summed E-state index contributed by atoms with van der Waals surface area (Å²) in [7, 11) is 1.22. The van der Waals surface area contributed by atoms with Gasteiger partial charge in [0.2, 0.25) is 0 Å². The molecule has 1 saturated carbocycles. The number of aliphatic carboxylic acids is 1. The molecule has 0 heterocycles. The number of halogens is 1. The lowest BCUT2D eigenvalue weighted by Gasteiger charge is -2.14. The molecule has 0 saturated heterocycles. The largest absolute Gasteiger partial charge is 0.504 e. The molecule has 86 valence electrons. The zero-order valence-corrected chi connectivity index (χ0v) is 8.66. The summed E-state index contributed by atoms with van der Waals surface area (Å²) in [4.78, 5) is 11.1. The van der Waals surface area contributed by atoms with Gasteiger partial charge in [0.15, 0.2) is 17.3 Å². The van der Waals surface area contributed by atoms with Crippen molar-refractivity contribution >= 4 is 5.97 Å². The van der Waals surface area contributed by atoms with Crippen molar-refractivity contribution in [3.05, 3.63) is 23.5 Å². The highest BCUT2D eigenvalue weighted by Crippen LogP contribution is 2.53. The zero-order chi connectivity index (χ0) is 11.9. The molecule has 0 amide bonds. The molecule has 1 aromatic rings. The molecule has 1 aliphatic rings. The molecule has 2 rings (SSSR count). The number of aromatic hydroxyl groups is 1. The molecule has 4 nitrogen and oxygen atoms in total. The van der Waals surface area contributed by atoms with Gasteiger partial charge in [0.1, 0.15) is 0 Å². The van der Waals surface area contributed by atoms with Crippen molar-refractivity contribution in [2.24, 2.45) is 0 Å². The van der Waals surface area contributed by atoms with E-state index in [2.05, 4.69) is 0 Å². The standard InChI is InChI=1S/C11H11FO4/c1-16-9-7(12)3-2-6(8(9)13)11(4-5-11)10(14)15/h2-3,13H,4-5H2,1H3,(H,14,15). The Balaban J connectivity index is 2.55. The quantitative estimate of drug-likeness (QED) is 0.822. The Morgan fingerprint density at radius 3 is 2.56 bits per heavy atom. The maximum absolute atomic E-state index is 13.2.